The van der Waals surface area contributed by atoms with Gasteiger partial charge in [0.1, 0.15) is 6.07 Å². The normalized spacial score (nSPS) is 9.23. The van der Waals surface area contributed by atoms with Gasteiger partial charge in [-0.05, 0) is 13.0 Å². The first-order valence-electron chi connectivity index (χ1n) is 3.51. The minimum atomic E-state index is -0.521. The van der Waals surface area contributed by atoms with E-state index in [-0.39, 0.29) is 16.9 Å². The molecule has 0 unspecified atom stereocenters. The fourth-order valence-electron chi connectivity index (χ4n) is 1.01. The van der Waals surface area contributed by atoms with Crippen molar-refractivity contribution in [1.82, 2.24) is 0 Å². The number of nitriles is 1. The van der Waals surface area contributed by atoms with E-state index in [1.165, 1.54) is 12.1 Å². The van der Waals surface area contributed by atoms with Gasteiger partial charge in [-0.15, -0.1) is 0 Å². The van der Waals surface area contributed by atoms with Gasteiger partial charge >= 0.3 is 0 Å². The van der Waals surface area contributed by atoms with Crippen LogP contribution in [0.25, 0.3) is 0 Å². The number of rotatable bonds is 1. The molecule has 0 atom stereocenters. The number of hydrogen-bond donors (Lipinski definition) is 1. The van der Waals surface area contributed by atoms with Crippen LogP contribution in [0, 0.1) is 28.4 Å². The van der Waals surface area contributed by atoms with Crippen LogP contribution >= 0.6 is 0 Å². The lowest BCUT2D eigenvalue weighted by atomic mass is 10.1. The maximum Gasteiger partial charge on any atom is 0.274 e. The van der Waals surface area contributed by atoms with Crippen LogP contribution in [-0.2, 0) is 0 Å². The third-order valence-corrected chi connectivity index (χ3v) is 1.69. The van der Waals surface area contributed by atoms with E-state index in [1.807, 2.05) is 6.07 Å². The van der Waals surface area contributed by atoms with E-state index < -0.39 is 4.92 Å². The lowest BCUT2D eigenvalue weighted by Crippen LogP contribution is -1.97. The molecule has 0 aliphatic heterocycles. The van der Waals surface area contributed by atoms with E-state index in [1.54, 1.807) is 6.92 Å². The largest absolute Gasteiger partial charge is 0.397 e. The van der Waals surface area contributed by atoms with Crippen molar-refractivity contribution in [1.29, 1.82) is 5.26 Å². The van der Waals surface area contributed by atoms with Crippen molar-refractivity contribution in [2.24, 2.45) is 0 Å². The number of nitrogens with zero attached hydrogens (tertiary/aromatic N) is 2. The average molecular weight is 177 g/mol. The highest BCUT2D eigenvalue weighted by Crippen LogP contribution is 2.23. The molecule has 1 aromatic rings. The lowest BCUT2D eigenvalue weighted by molar-refractivity contribution is -0.385. The van der Waals surface area contributed by atoms with Crippen molar-refractivity contribution in [2.45, 2.75) is 6.92 Å². The second-order valence-corrected chi connectivity index (χ2v) is 2.59. The highest BCUT2D eigenvalue weighted by Gasteiger charge is 2.13. The third-order valence-electron chi connectivity index (χ3n) is 1.69. The fraction of sp³-hybridized carbons (Fsp3) is 0.125. The Labute approximate surface area is 74.5 Å². The lowest BCUT2D eigenvalue weighted by Gasteiger charge is -2.00. The first kappa shape index (κ1) is 9.00. The van der Waals surface area contributed by atoms with E-state index in [4.69, 9.17) is 11.0 Å². The first-order valence-corrected chi connectivity index (χ1v) is 3.51. The summed E-state index contributed by atoms with van der Waals surface area (Å²) in [5, 5.41) is 19.0. The van der Waals surface area contributed by atoms with Gasteiger partial charge in [0.05, 0.1) is 16.2 Å². The molecule has 0 aromatic heterocycles. The van der Waals surface area contributed by atoms with Gasteiger partial charge in [-0.3, -0.25) is 10.1 Å². The van der Waals surface area contributed by atoms with E-state index in [9.17, 15) is 10.1 Å². The van der Waals surface area contributed by atoms with Gasteiger partial charge < -0.3 is 5.73 Å². The zero-order valence-corrected chi connectivity index (χ0v) is 6.94. The summed E-state index contributed by atoms with van der Waals surface area (Å²) < 4.78 is 0. The molecule has 0 saturated carbocycles. The molecule has 66 valence electrons. The summed E-state index contributed by atoms with van der Waals surface area (Å²) in [6, 6.07) is 4.47. The quantitative estimate of drug-likeness (QED) is 0.398. The molecule has 0 aliphatic carbocycles. The molecule has 0 spiro atoms. The fourth-order valence-corrected chi connectivity index (χ4v) is 1.01. The molecule has 0 saturated heterocycles. The van der Waals surface area contributed by atoms with Gasteiger partial charge in [0.25, 0.3) is 5.69 Å². The molecule has 5 nitrogen and oxygen atoms in total. The number of nitro benzene ring substituents is 1. The Bertz CT molecular complexity index is 407. The number of benzene rings is 1. The molecule has 1 aromatic carbocycles. The first-order chi connectivity index (χ1) is 6.06. The maximum absolute atomic E-state index is 10.4. The average Bonchev–Trinajstić information content (AvgIpc) is 2.07. The summed E-state index contributed by atoms with van der Waals surface area (Å²) in [5.74, 6) is 0. The van der Waals surface area contributed by atoms with Crippen LogP contribution in [0.2, 0.25) is 0 Å². The molecule has 0 fully saturated rings. The highest BCUT2D eigenvalue weighted by molar-refractivity contribution is 5.62. The van der Waals surface area contributed by atoms with Crippen LogP contribution in [0.4, 0.5) is 11.4 Å². The van der Waals surface area contributed by atoms with Crippen LogP contribution in [0.1, 0.15) is 11.1 Å². The summed E-state index contributed by atoms with van der Waals surface area (Å²) in [5.41, 5.74) is 6.20. The highest BCUT2D eigenvalue weighted by atomic mass is 16.6. The summed E-state index contributed by atoms with van der Waals surface area (Å²) in [7, 11) is 0. The topological polar surface area (TPSA) is 93.0 Å². The zero-order valence-electron chi connectivity index (χ0n) is 6.94. The third kappa shape index (κ3) is 1.56. The molecule has 13 heavy (non-hydrogen) atoms. The predicted octanol–water partition coefficient (Wildman–Crippen LogP) is 1.36. The smallest absolute Gasteiger partial charge is 0.274 e. The van der Waals surface area contributed by atoms with E-state index in [0.29, 0.717) is 5.56 Å². The maximum atomic E-state index is 10.4. The van der Waals surface area contributed by atoms with Crippen LogP contribution in [0.3, 0.4) is 0 Å². The monoisotopic (exact) mass is 177 g/mol. The van der Waals surface area contributed by atoms with E-state index in [2.05, 4.69) is 0 Å². The molecule has 0 amide bonds. The molecule has 0 bridgehead atoms. The molecular weight excluding hydrogens is 170 g/mol. The van der Waals surface area contributed by atoms with Crippen LogP contribution in [-0.4, -0.2) is 4.92 Å². The summed E-state index contributed by atoms with van der Waals surface area (Å²) in [6.07, 6.45) is 0. The Balaban J connectivity index is 3.39. The molecule has 1 rings (SSSR count). The Hall–Kier alpha value is -2.09. The van der Waals surface area contributed by atoms with Gasteiger partial charge in [0.15, 0.2) is 0 Å². The molecule has 0 aliphatic rings. The Morgan fingerprint density at radius 3 is 2.69 bits per heavy atom. The Morgan fingerprint density at radius 1 is 1.62 bits per heavy atom. The number of nitrogen functional groups attached to an aromatic ring is 1. The Morgan fingerprint density at radius 2 is 2.23 bits per heavy atom. The van der Waals surface area contributed by atoms with Crippen molar-refractivity contribution in [2.75, 3.05) is 5.73 Å². The molecule has 2 N–H and O–H groups in total. The molecule has 0 radical (unpaired) electrons. The van der Waals surface area contributed by atoms with Crippen molar-refractivity contribution in [3.63, 3.8) is 0 Å². The van der Waals surface area contributed by atoms with Gasteiger partial charge in [-0.2, -0.15) is 5.26 Å². The van der Waals surface area contributed by atoms with Gasteiger partial charge in [0.2, 0.25) is 0 Å². The van der Waals surface area contributed by atoms with Crippen LogP contribution < -0.4 is 5.73 Å². The summed E-state index contributed by atoms with van der Waals surface area (Å²) in [6.45, 7) is 1.57. The van der Waals surface area contributed by atoms with E-state index in [0.717, 1.165) is 0 Å². The zero-order chi connectivity index (χ0) is 10.0. The van der Waals surface area contributed by atoms with Crippen molar-refractivity contribution in [3.8, 4) is 6.07 Å². The second kappa shape index (κ2) is 3.11. The van der Waals surface area contributed by atoms with Crippen LogP contribution in [0.5, 0.6) is 0 Å². The number of aryl methyl sites for hydroxylation is 1. The van der Waals surface area contributed by atoms with Gasteiger partial charge in [-0.25, -0.2) is 0 Å². The van der Waals surface area contributed by atoms with Crippen LogP contribution in [0.15, 0.2) is 12.1 Å². The number of hydrogen-bond acceptors (Lipinski definition) is 4. The Kier molecular flexibility index (Phi) is 2.15. The number of nitrogens with two attached hydrogens (primary N) is 1. The SMILES string of the molecule is Cc1cc(C#N)c(N)cc1[N+](=O)[O-]. The molecule has 5 heteroatoms. The van der Waals surface area contributed by atoms with Gasteiger partial charge in [0, 0.05) is 11.6 Å². The predicted molar refractivity (Wildman–Crippen MR) is 47.0 cm³/mol. The van der Waals surface area contributed by atoms with Crippen molar-refractivity contribution in [3.05, 3.63) is 33.4 Å². The van der Waals surface area contributed by atoms with Crippen molar-refractivity contribution < 1.29 is 4.92 Å². The number of nitro groups is 1. The van der Waals surface area contributed by atoms with Gasteiger partial charge in [-0.1, -0.05) is 0 Å². The minimum Gasteiger partial charge on any atom is -0.397 e. The second-order valence-electron chi connectivity index (χ2n) is 2.59. The summed E-state index contributed by atoms with van der Waals surface area (Å²) >= 11 is 0. The minimum absolute atomic E-state index is 0.0588. The van der Waals surface area contributed by atoms with E-state index >= 15 is 0 Å². The standard InChI is InChI=1S/C8H7N3O2/c1-5-2-6(4-9)7(10)3-8(5)11(12)13/h2-3H,10H2,1H3. The molecule has 0 heterocycles. The summed E-state index contributed by atoms with van der Waals surface area (Å²) in [4.78, 5) is 9.92. The number of anilines is 1. The molecular formula is C8H7N3O2. The van der Waals surface area contributed by atoms with Crippen molar-refractivity contribution >= 4 is 11.4 Å².